The molecule has 0 aromatic carbocycles. The lowest BCUT2D eigenvalue weighted by Gasteiger charge is -2.08. The highest BCUT2D eigenvalue weighted by atomic mass is 16.5. The van der Waals surface area contributed by atoms with Crippen LogP contribution >= 0.6 is 0 Å². The fourth-order valence-electron chi connectivity index (χ4n) is 2.18. The zero-order valence-electron chi connectivity index (χ0n) is 12.9. The second kappa shape index (κ2) is 5.99. The molecule has 21 heavy (non-hydrogen) atoms. The fraction of sp³-hybridized carbons (Fsp3) is 0.500. The largest absolute Gasteiger partial charge is 0.461 e. The third-order valence-corrected chi connectivity index (χ3v) is 3.54. The number of imidazole rings is 1. The SMILES string of the molecule is CCOC(=O)c1nc(CC)n(Cc2cnn(C)c2C)c1N. The van der Waals surface area contributed by atoms with E-state index in [-0.39, 0.29) is 5.69 Å². The molecule has 0 aliphatic rings. The standard InChI is InChI=1S/C14H21N5O2/c1-5-11-17-12(14(20)21-6-2)13(15)19(11)8-10-7-16-18(4)9(10)3/h7H,5-6,8,15H2,1-4H3. The molecule has 0 saturated carbocycles. The fourth-order valence-corrected chi connectivity index (χ4v) is 2.18. The van der Waals surface area contributed by atoms with Crippen molar-refractivity contribution in [3.8, 4) is 0 Å². The molecule has 7 nitrogen and oxygen atoms in total. The molecule has 2 aromatic heterocycles. The van der Waals surface area contributed by atoms with Gasteiger partial charge in [0.2, 0.25) is 0 Å². The molecule has 2 aromatic rings. The zero-order chi connectivity index (χ0) is 15.6. The van der Waals surface area contributed by atoms with Crippen molar-refractivity contribution < 1.29 is 9.53 Å². The van der Waals surface area contributed by atoms with E-state index in [0.717, 1.165) is 17.1 Å². The first-order valence-electron chi connectivity index (χ1n) is 6.99. The second-order valence-electron chi connectivity index (χ2n) is 4.80. The van der Waals surface area contributed by atoms with Crippen LogP contribution in [0.1, 0.15) is 41.4 Å². The van der Waals surface area contributed by atoms with Gasteiger partial charge in [0, 0.05) is 24.7 Å². The van der Waals surface area contributed by atoms with Gasteiger partial charge in [-0.25, -0.2) is 9.78 Å². The van der Waals surface area contributed by atoms with Gasteiger partial charge in [-0.1, -0.05) is 6.92 Å². The highest BCUT2D eigenvalue weighted by molar-refractivity contribution is 5.92. The zero-order valence-corrected chi connectivity index (χ0v) is 12.9. The molecule has 0 radical (unpaired) electrons. The molecule has 2 N–H and O–H groups in total. The Hall–Kier alpha value is -2.31. The van der Waals surface area contributed by atoms with Gasteiger partial charge in [0.05, 0.1) is 19.3 Å². The van der Waals surface area contributed by atoms with Crippen LogP contribution in [0.3, 0.4) is 0 Å². The van der Waals surface area contributed by atoms with E-state index < -0.39 is 5.97 Å². The van der Waals surface area contributed by atoms with Crippen molar-refractivity contribution >= 4 is 11.8 Å². The van der Waals surface area contributed by atoms with Crippen LogP contribution in [0.25, 0.3) is 0 Å². The minimum Gasteiger partial charge on any atom is -0.461 e. The Morgan fingerprint density at radius 3 is 2.67 bits per heavy atom. The predicted octanol–water partition coefficient (Wildman–Crippen LogP) is 1.29. The van der Waals surface area contributed by atoms with Gasteiger partial charge in [-0.2, -0.15) is 5.10 Å². The summed E-state index contributed by atoms with van der Waals surface area (Å²) in [5, 5.41) is 4.22. The van der Waals surface area contributed by atoms with Crippen molar-refractivity contribution in [3.05, 3.63) is 29.0 Å². The summed E-state index contributed by atoms with van der Waals surface area (Å²) < 4.78 is 8.64. The predicted molar refractivity (Wildman–Crippen MR) is 79.0 cm³/mol. The van der Waals surface area contributed by atoms with E-state index in [1.807, 2.05) is 25.5 Å². The molecule has 2 rings (SSSR count). The molecule has 0 spiro atoms. The molecule has 0 bridgehead atoms. The van der Waals surface area contributed by atoms with E-state index in [1.165, 1.54) is 0 Å². The Labute approximate surface area is 123 Å². The molecule has 0 amide bonds. The van der Waals surface area contributed by atoms with Crippen molar-refractivity contribution in [2.24, 2.45) is 7.05 Å². The third-order valence-electron chi connectivity index (χ3n) is 3.54. The summed E-state index contributed by atoms with van der Waals surface area (Å²) in [5.74, 6) is 0.624. The van der Waals surface area contributed by atoms with Crippen molar-refractivity contribution in [1.82, 2.24) is 19.3 Å². The summed E-state index contributed by atoms with van der Waals surface area (Å²) in [7, 11) is 1.89. The van der Waals surface area contributed by atoms with Crippen LogP contribution in [0.2, 0.25) is 0 Å². The number of carbonyl (C=O) groups is 1. The molecule has 0 aliphatic carbocycles. The number of nitrogens with two attached hydrogens (primary N) is 1. The van der Waals surface area contributed by atoms with Gasteiger partial charge in [0.25, 0.3) is 0 Å². The van der Waals surface area contributed by atoms with E-state index >= 15 is 0 Å². The Balaban J connectivity index is 2.39. The topological polar surface area (TPSA) is 88.0 Å². The third kappa shape index (κ3) is 2.76. The first kappa shape index (κ1) is 15.1. The van der Waals surface area contributed by atoms with Crippen molar-refractivity contribution in [3.63, 3.8) is 0 Å². The molecule has 2 heterocycles. The van der Waals surface area contributed by atoms with Crippen LogP contribution in [0, 0.1) is 6.92 Å². The minimum atomic E-state index is -0.480. The van der Waals surface area contributed by atoms with Crippen LogP contribution in [0.15, 0.2) is 6.20 Å². The Morgan fingerprint density at radius 1 is 1.43 bits per heavy atom. The number of rotatable bonds is 5. The summed E-state index contributed by atoms with van der Waals surface area (Å²) in [4.78, 5) is 16.2. The van der Waals surface area contributed by atoms with Crippen molar-refractivity contribution in [2.75, 3.05) is 12.3 Å². The molecule has 7 heteroatoms. The average Bonchev–Trinajstić information content (AvgIpc) is 2.94. The maximum atomic E-state index is 11.9. The lowest BCUT2D eigenvalue weighted by molar-refractivity contribution is 0.0521. The number of hydrogen-bond donors (Lipinski definition) is 1. The normalized spacial score (nSPS) is 10.9. The van der Waals surface area contributed by atoms with E-state index in [0.29, 0.717) is 25.4 Å². The number of anilines is 1. The number of ether oxygens (including phenoxy) is 1. The van der Waals surface area contributed by atoms with Gasteiger partial charge in [0.1, 0.15) is 11.6 Å². The summed E-state index contributed by atoms with van der Waals surface area (Å²) in [6.45, 7) is 6.57. The number of nitrogen functional groups attached to an aromatic ring is 1. The Kier molecular flexibility index (Phi) is 4.30. The van der Waals surface area contributed by atoms with E-state index in [2.05, 4.69) is 10.1 Å². The summed E-state index contributed by atoms with van der Waals surface area (Å²) in [6.07, 6.45) is 2.49. The lowest BCUT2D eigenvalue weighted by atomic mass is 10.2. The van der Waals surface area contributed by atoms with Gasteiger partial charge in [-0.15, -0.1) is 0 Å². The smallest absolute Gasteiger partial charge is 0.360 e. The maximum absolute atomic E-state index is 11.9. The number of hydrogen-bond acceptors (Lipinski definition) is 5. The minimum absolute atomic E-state index is 0.190. The number of aromatic nitrogens is 4. The first-order valence-corrected chi connectivity index (χ1v) is 6.99. The number of nitrogens with zero attached hydrogens (tertiary/aromatic N) is 4. The molecule has 0 unspecified atom stereocenters. The Bertz CT molecular complexity index is 657. The Morgan fingerprint density at radius 2 is 2.14 bits per heavy atom. The van der Waals surface area contributed by atoms with Gasteiger partial charge in [-0.3, -0.25) is 4.68 Å². The summed E-state index contributed by atoms with van der Waals surface area (Å²) in [6, 6.07) is 0. The van der Waals surface area contributed by atoms with Crippen LogP contribution in [-0.4, -0.2) is 31.9 Å². The molecule has 0 atom stereocenters. The quantitative estimate of drug-likeness (QED) is 0.839. The molecular formula is C14H21N5O2. The van der Waals surface area contributed by atoms with Crippen molar-refractivity contribution in [2.45, 2.75) is 33.7 Å². The van der Waals surface area contributed by atoms with Crippen LogP contribution in [0.4, 0.5) is 5.82 Å². The van der Waals surface area contributed by atoms with Gasteiger partial charge >= 0.3 is 5.97 Å². The van der Waals surface area contributed by atoms with Crippen LogP contribution in [-0.2, 0) is 24.8 Å². The van der Waals surface area contributed by atoms with Crippen molar-refractivity contribution in [1.29, 1.82) is 0 Å². The van der Waals surface area contributed by atoms with Crippen LogP contribution < -0.4 is 5.73 Å². The highest BCUT2D eigenvalue weighted by Gasteiger charge is 2.21. The monoisotopic (exact) mass is 291 g/mol. The average molecular weight is 291 g/mol. The second-order valence-corrected chi connectivity index (χ2v) is 4.80. The lowest BCUT2D eigenvalue weighted by Crippen LogP contribution is -2.11. The summed E-state index contributed by atoms with van der Waals surface area (Å²) >= 11 is 0. The molecular weight excluding hydrogens is 270 g/mol. The summed E-state index contributed by atoms with van der Waals surface area (Å²) in [5.41, 5.74) is 8.38. The maximum Gasteiger partial charge on any atom is 0.360 e. The highest BCUT2D eigenvalue weighted by Crippen LogP contribution is 2.19. The number of esters is 1. The van der Waals surface area contributed by atoms with E-state index in [1.54, 1.807) is 17.8 Å². The molecule has 114 valence electrons. The van der Waals surface area contributed by atoms with Crippen LogP contribution in [0.5, 0.6) is 0 Å². The first-order chi connectivity index (χ1) is 9.99. The van der Waals surface area contributed by atoms with Gasteiger partial charge in [0.15, 0.2) is 5.69 Å². The molecule has 0 saturated heterocycles. The van der Waals surface area contributed by atoms with E-state index in [9.17, 15) is 4.79 Å². The molecule has 0 aliphatic heterocycles. The molecule has 0 fully saturated rings. The number of aryl methyl sites for hydroxylation is 2. The van der Waals surface area contributed by atoms with Gasteiger partial charge < -0.3 is 15.0 Å². The number of carbonyl (C=O) groups excluding carboxylic acids is 1. The van der Waals surface area contributed by atoms with E-state index in [4.69, 9.17) is 10.5 Å². The van der Waals surface area contributed by atoms with Gasteiger partial charge in [-0.05, 0) is 13.8 Å².